The van der Waals surface area contributed by atoms with Gasteiger partial charge in [0, 0.05) is 23.9 Å². The summed E-state index contributed by atoms with van der Waals surface area (Å²) in [7, 11) is 3.16. The van der Waals surface area contributed by atoms with Gasteiger partial charge in [0.25, 0.3) is 5.91 Å². The van der Waals surface area contributed by atoms with E-state index < -0.39 is 6.10 Å². The van der Waals surface area contributed by atoms with Crippen LogP contribution < -0.4 is 9.47 Å². The number of rotatable bonds is 6. The van der Waals surface area contributed by atoms with Gasteiger partial charge in [-0.05, 0) is 36.2 Å². The molecule has 1 aliphatic rings. The molecule has 1 N–H and O–H groups in total. The lowest BCUT2D eigenvalue weighted by Gasteiger charge is -2.34. The number of amides is 1. The number of carbonyl (C=O) groups excluding carboxylic acids is 1. The van der Waals surface area contributed by atoms with Crippen LogP contribution in [0.3, 0.4) is 0 Å². The van der Waals surface area contributed by atoms with Gasteiger partial charge < -0.3 is 24.0 Å². The number of hydrogen-bond donors (Lipinski definition) is 1. The quantitative estimate of drug-likeness (QED) is 0.681. The van der Waals surface area contributed by atoms with Crippen LogP contribution in [-0.4, -0.2) is 41.2 Å². The number of aliphatic hydroxyl groups is 1. The summed E-state index contributed by atoms with van der Waals surface area (Å²) >= 11 is 0. The Balaban J connectivity index is 1.57. The summed E-state index contributed by atoms with van der Waals surface area (Å²) in [6, 6.07) is 17.5. The van der Waals surface area contributed by atoms with E-state index in [1.807, 2.05) is 41.1 Å². The van der Waals surface area contributed by atoms with Gasteiger partial charge >= 0.3 is 0 Å². The van der Waals surface area contributed by atoms with Crippen LogP contribution in [0.25, 0.3) is 0 Å². The average Bonchev–Trinajstić information content (AvgIpc) is 3.25. The molecule has 6 nitrogen and oxygen atoms in total. The number of benzene rings is 2. The van der Waals surface area contributed by atoms with Crippen molar-refractivity contribution >= 4 is 5.91 Å². The van der Waals surface area contributed by atoms with Crippen LogP contribution >= 0.6 is 0 Å². The molecule has 0 bridgehead atoms. The molecule has 2 aromatic carbocycles. The number of carbonyl (C=O) groups is 1. The Hall–Kier alpha value is -3.25. The van der Waals surface area contributed by atoms with Gasteiger partial charge in [-0.3, -0.25) is 4.79 Å². The summed E-state index contributed by atoms with van der Waals surface area (Å²) in [5.41, 5.74) is 3.32. The fourth-order valence-corrected chi connectivity index (χ4v) is 4.09. The van der Waals surface area contributed by atoms with Gasteiger partial charge in [-0.25, -0.2) is 0 Å². The molecule has 0 spiro atoms. The van der Waals surface area contributed by atoms with E-state index in [1.54, 1.807) is 31.3 Å². The molecule has 1 amide bonds. The summed E-state index contributed by atoms with van der Waals surface area (Å²) in [5.74, 6) is 1.14. The van der Waals surface area contributed by atoms with Gasteiger partial charge in [0.1, 0.15) is 23.3 Å². The van der Waals surface area contributed by atoms with Crippen molar-refractivity contribution in [1.29, 1.82) is 0 Å². The number of β-amino-alcohol motifs (C(OH)–C–C–N with tert-alkyl or cyclic N) is 1. The number of hydrogen-bond acceptors (Lipinski definition) is 4. The van der Waals surface area contributed by atoms with Gasteiger partial charge in [-0.2, -0.15) is 0 Å². The number of methoxy groups -OCH3 is 2. The second kappa shape index (κ2) is 8.63. The van der Waals surface area contributed by atoms with Gasteiger partial charge in [-0.1, -0.05) is 30.3 Å². The topological polar surface area (TPSA) is 63.9 Å². The molecule has 0 saturated heterocycles. The highest BCUT2D eigenvalue weighted by molar-refractivity contribution is 5.93. The first-order chi connectivity index (χ1) is 14.6. The predicted octanol–water partition coefficient (Wildman–Crippen LogP) is 3.44. The Labute approximate surface area is 176 Å². The lowest BCUT2D eigenvalue weighted by Crippen LogP contribution is -2.39. The van der Waals surface area contributed by atoms with Crippen molar-refractivity contribution in [3.05, 3.63) is 83.2 Å². The highest BCUT2D eigenvalue weighted by atomic mass is 16.5. The maximum Gasteiger partial charge on any atom is 0.270 e. The maximum atomic E-state index is 13.3. The summed E-state index contributed by atoms with van der Waals surface area (Å²) in [5, 5.41) is 10.8. The first-order valence-electron chi connectivity index (χ1n) is 10.0. The van der Waals surface area contributed by atoms with Crippen LogP contribution in [0.2, 0.25) is 0 Å². The lowest BCUT2D eigenvalue weighted by molar-refractivity contribution is 0.0529. The molecule has 4 rings (SSSR count). The lowest BCUT2D eigenvalue weighted by atomic mass is 9.95. The second-order valence-electron chi connectivity index (χ2n) is 7.39. The summed E-state index contributed by atoms with van der Waals surface area (Å²) in [4.78, 5) is 15.0. The largest absolute Gasteiger partial charge is 0.496 e. The molecule has 1 aliphatic heterocycles. The molecule has 2 heterocycles. The minimum Gasteiger partial charge on any atom is -0.496 e. The van der Waals surface area contributed by atoms with Crippen molar-refractivity contribution in [3.8, 4) is 11.5 Å². The van der Waals surface area contributed by atoms with Crippen LogP contribution in [0.15, 0.2) is 60.8 Å². The average molecular weight is 406 g/mol. The molecule has 3 aromatic rings. The Morgan fingerprint density at radius 2 is 1.77 bits per heavy atom. The highest BCUT2D eigenvalue weighted by Crippen LogP contribution is 2.39. The first-order valence-corrected chi connectivity index (χ1v) is 10.0. The van der Waals surface area contributed by atoms with Crippen LogP contribution in [0.5, 0.6) is 11.5 Å². The molecule has 156 valence electrons. The Morgan fingerprint density at radius 3 is 2.50 bits per heavy atom. The van der Waals surface area contributed by atoms with E-state index in [4.69, 9.17) is 9.47 Å². The van der Waals surface area contributed by atoms with Crippen molar-refractivity contribution in [3.63, 3.8) is 0 Å². The van der Waals surface area contributed by atoms with E-state index in [9.17, 15) is 9.90 Å². The second-order valence-corrected chi connectivity index (χ2v) is 7.39. The van der Waals surface area contributed by atoms with Crippen molar-refractivity contribution in [2.45, 2.75) is 25.6 Å². The minimum atomic E-state index is -0.838. The van der Waals surface area contributed by atoms with E-state index in [-0.39, 0.29) is 12.5 Å². The molecular weight excluding hydrogens is 380 g/mol. The molecule has 0 aliphatic carbocycles. The Bertz CT molecular complexity index is 1030. The predicted molar refractivity (Wildman–Crippen MR) is 114 cm³/mol. The van der Waals surface area contributed by atoms with E-state index in [0.717, 1.165) is 12.0 Å². The van der Waals surface area contributed by atoms with Crippen molar-refractivity contribution in [2.75, 3.05) is 20.8 Å². The molecule has 0 radical (unpaired) electrons. The van der Waals surface area contributed by atoms with Crippen molar-refractivity contribution in [2.24, 2.45) is 0 Å². The highest BCUT2D eigenvalue weighted by Gasteiger charge is 2.33. The van der Waals surface area contributed by atoms with E-state index >= 15 is 0 Å². The standard InChI is InChI=1S/C24H26N2O4/c1-29-21-10-11-22(30-2)23-18(21)15-26(16-20(23)27)24(28)19-9-6-13-25(19)14-12-17-7-4-3-5-8-17/h3-11,13,20,27H,12,14-16H2,1-2H3. The number of nitrogens with zero attached hydrogens (tertiary/aromatic N) is 2. The Morgan fingerprint density at radius 1 is 1.03 bits per heavy atom. The van der Waals surface area contributed by atoms with Crippen LogP contribution in [0.4, 0.5) is 0 Å². The number of aryl methyl sites for hydroxylation is 2. The van der Waals surface area contributed by atoms with Crippen molar-refractivity contribution < 1.29 is 19.4 Å². The number of ether oxygens (including phenoxy) is 2. The molecule has 6 heteroatoms. The van der Waals surface area contributed by atoms with E-state index in [0.29, 0.717) is 35.8 Å². The van der Waals surface area contributed by atoms with E-state index in [1.165, 1.54) is 5.56 Å². The molecule has 1 aromatic heterocycles. The van der Waals surface area contributed by atoms with Crippen LogP contribution in [-0.2, 0) is 19.5 Å². The SMILES string of the molecule is COc1ccc(OC)c2c1CN(C(=O)c1cccn1CCc1ccccc1)CC2O. The number of aromatic nitrogens is 1. The number of aliphatic hydroxyl groups excluding tert-OH is 1. The minimum absolute atomic E-state index is 0.109. The third-order valence-electron chi connectivity index (χ3n) is 5.61. The van der Waals surface area contributed by atoms with Gasteiger partial charge in [0.05, 0.1) is 27.3 Å². The van der Waals surface area contributed by atoms with Gasteiger partial charge in [0.2, 0.25) is 0 Å². The van der Waals surface area contributed by atoms with Gasteiger partial charge in [-0.15, -0.1) is 0 Å². The normalized spacial score (nSPS) is 15.6. The van der Waals surface area contributed by atoms with E-state index in [2.05, 4.69) is 12.1 Å². The zero-order valence-electron chi connectivity index (χ0n) is 17.2. The molecule has 0 saturated carbocycles. The smallest absolute Gasteiger partial charge is 0.270 e. The molecule has 1 atom stereocenters. The molecule has 30 heavy (non-hydrogen) atoms. The molecule has 0 fully saturated rings. The van der Waals surface area contributed by atoms with Crippen LogP contribution in [0, 0.1) is 0 Å². The summed E-state index contributed by atoms with van der Waals surface area (Å²) in [6.45, 7) is 1.27. The summed E-state index contributed by atoms with van der Waals surface area (Å²) in [6.07, 6.45) is 1.93. The Kier molecular flexibility index (Phi) is 5.77. The number of fused-ring (bicyclic) bond motifs is 1. The summed E-state index contributed by atoms with van der Waals surface area (Å²) < 4.78 is 12.9. The third-order valence-corrected chi connectivity index (χ3v) is 5.61. The molecular formula is C24H26N2O4. The zero-order valence-corrected chi connectivity index (χ0v) is 17.2. The van der Waals surface area contributed by atoms with Crippen molar-refractivity contribution in [1.82, 2.24) is 9.47 Å². The van der Waals surface area contributed by atoms with Gasteiger partial charge in [0.15, 0.2) is 0 Å². The zero-order chi connectivity index (χ0) is 21.1. The maximum absolute atomic E-state index is 13.3. The third kappa shape index (κ3) is 3.78. The molecule has 1 unspecified atom stereocenters. The fraction of sp³-hybridized carbons (Fsp3) is 0.292. The monoisotopic (exact) mass is 406 g/mol. The fourth-order valence-electron chi connectivity index (χ4n) is 4.09. The van der Waals surface area contributed by atoms with Crippen LogP contribution in [0.1, 0.15) is 33.3 Å². The first kappa shape index (κ1) is 20.0.